The van der Waals surface area contributed by atoms with Gasteiger partial charge < -0.3 is 4.30 Å². The van der Waals surface area contributed by atoms with Crippen LogP contribution in [0.3, 0.4) is 0 Å². The number of rotatable bonds is 2. The van der Waals surface area contributed by atoms with Crippen LogP contribution in [0.25, 0.3) is 0 Å². The first kappa shape index (κ1) is 7.52. The molecule has 4 heteroatoms. The maximum Gasteiger partial charge on any atom is 0.405 e. The van der Waals surface area contributed by atoms with Gasteiger partial charge in [0, 0.05) is 6.20 Å². The highest BCUT2D eigenvalue weighted by atomic mass is 27.2. The molecule has 1 aromatic rings. The summed E-state index contributed by atoms with van der Waals surface area (Å²) in [7, 11) is 0. The van der Waals surface area contributed by atoms with Crippen LogP contribution in [0.5, 0.6) is 0 Å². The standard InChI is InChI=1S/C4H4N3.2CH3.Al/c5-4-1-2-6-3-7-4;;;/h1-3H,(H-,5,6,7);2*1H3;/q-1;;;+1. The van der Waals surface area contributed by atoms with E-state index < -0.39 is 14.4 Å². The van der Waals surface area contributed by atoms with Gasteiger partial charge in [0.15, 0.2) is 0 Å². The highest BCUT2D eigenvalue weighted by molar-refractivity contribution is 6.59. The molecule has 0 aliphatic heterocycles. The molecule has 0 unspecified atom stereocenters. The summed E-state index contributed by atoms with van der Waals surface area (Å²) >= 11 is -0.737. The molecule has 0 fully saturated rings. The first-order valence-corrected chi connectivity index (χ1v) is 6.20. The van der Waals surface area contributed by atoms with Crippen LogP contribution in [0.4, 0.5) is 5.82 Å². The Morgan fingerprint density at radius 3 is 2.80 bits per heavy atom. The summed E-state index contributed by atoms with van der Waals surface area (Å²) in [5, 5.41) is 0. The van der Waals surface area contributed by atoms with E-state index in [1.54, 1.807) is 12.5 Å². The molecule has 3 nitrogen and oxygen atoms in total. The molecule has 0 aromatic carbocycles. The molecule has 0 amide bonds. The fourth-order valence-corrected chi connectivity index (χ4v) is 1.43. The second kappa shape index (κ2) is 3.55. The van der Waals surface area contributed by atoms with E-state index >= 15 is 0 Å². The van der Waals surface area contributed by atoms with Crippen LogP contribution in [-0.4, -0.2) is 24.3 Å². The molecule has 1 aromatic heterocycles. The van der Waals surface area contributed by atoms with Crippen LogP contribution in [0.1, 0.15) is 0 Å². The van der Waals surface area contributed by atoms with Crippen LogP contribution in [-0.2, 0) is 0 Å². The highest BCUT2D eigenvalue weighted by Crippen LogP contribution is 1.97. The third-order valence-corrected chi connectivity index (χ3v) is 1.89. The summed E-state index contributed by atoms with van der Waals surface area (Å²) in [4.78, 5) is 7.85. The van der Waals surface area contributed by atoms with Gasteiger partial charge in [-0.05, 0) is 6.07 Å². The molecule has 0 saturated heterocycles. The number of nitrogens with one attached hydrogen (secondary N) is 1. The highest BCUT2D eigenvalue weighted by Gasteiger charge is 2.01. The van der Waals surface area contributed by atoms with Gasteiger partial charge >= 0.3 is 14.4 Å². The zero-order chi connectivity index (χ0) is 7.40. The summed E-state index contributed by atoms with van der Waals surface area (Å²) in [5.41, 5.74) is 0. The van der Waals surface area contributed by atoms with Gasteiger partial charge in [-0.2, -0.15) is 0 Å². The summed E-state index contributed by atoms with van der Waals surface area (Å²) in [6, 6.07) is 1.88. The summed E-state index contributed by atoms with van der Waals surface area (Å²) in [6.45, 7) is 0. The molecule has 10 heavy (non-hydrogen) atoms. The molecule has 1 N–H and O–H groups in total. The average molecular weight is 151 g/mol. The summed E-state index contributed by atoms with van der Waals surface area (Å²) < 4.78 is 3.29. The Morgan fingerprint density at radius 2 is 2.30 bits per heavy atom. The van der Waals surface area contributed by atoms with Crippen molar-refractivity contribution in [3.8, 4) is 0 Å². The molecule has 1 rings (SSSR count). The van der Waals surface area contributed by atoms with E-state index in [4.69, 9.17) is 0 Å². The lowest BCUT2D eigenvalue weighted by molar-refractivity contribution is 1.17. The number of anilines is 1. The van der Waals surface area contributed by atoms with Crippen LogP contribution >= 0.6 is 0 Å². The topological polar surface area (TPSA) is 37.8 Å². The van der Waals surface area contributed by atoms with Crippen molar-refractivity contribution in [1.29, 1.82) is 0 Å². The van der Waals surface area contributed by atoms with Crippen LogP contribution < -0.4 is 4.30 Å². The number of hydrogen-bond donors (Lipinski definition) is 1. The molecule has 0 aliphatic rings. The van der Waals surface area contributed by atoms with Gasteiger partial charge in [0.2, 0.25) is 0 Å². The van der Waals surface area contributed by atoms with Gasteiger partial charge in [0.1, 0.15) is 12.1 Å². The van der Waals surface area contributed by atoms with E-state index in [0.717, 1.165) is 5.82 Å². The van der Waals surface area contributed by atoms with E-state index in [1.807, 2.05) is 6.07 Å². The third-order valence-electron chi connectivity index (χ3n) is 1.02. The molecule has 0 atom stereocenters. The molecular formula is C6H10AlN3. The smallest absolute Gasteiger partial charge is 0.405 e. The monoisotopic (exact) mass is 151 g/mol. The Labute approximate surface area is 65.1 Å². The van der Waals surface area contributed by atoms with Crippen molar-refractivity contribution in [2.45, 2.75) is 11.6 Å². The van der Waals surface area contributed by atoms with Crippen molar-refractivity contribution < 1.29 is 0 Å². The minimum Gasteiger partial charge on any atom is -0.461 e. The second-order valence-electron chi connectivity index (χ2n) is 2.39. The van der Waals surface area contributed by atoms with Gasteiger partial charge in [-0.1, -0.05) is 11.6 Å². The lowest BCUT2D eigenvalue weighted by Crippen LogP contribution is -2.15. The van der Waals surface area contributed by atoms with Gasteiger partial charge in [0.25, 0.3) is 0 Å². The second-order valence-corrected chi connectivity index (χ2v) is 4.99. The Kier molecular flexibility index (Phi) is 2.67. The van der Waals surface area contributed by atoms with Gasteiger partial charge in [0.05, 0.1) is 0 Å². The Hall–Kier alpha value is -0.588. The van der Waals surface area contributed by atoms with Crippen molar-refractivity contribution in [2.75, 3.05) is 4.30 Å². The summed E-state index contributed by atoms with van der Waals surface area (Å²) in [6.07, 6.45) is 3.30. The van der Waals surface area contributed by atoms with Crippen molar-refractivity contribution in [3.05, 3.63) is 18.6 Å². The van der Waals surface area contributed by atoms with Crippen molar-refractivity contribution >= 4 is 20.2 Å². The lowest BCUT2D eigenvalue weighted by atomic mass is 10.6. The SMILES string of the molecule is [CH3][Al]([CH3])[NH]c1ccncn1. The normalized spacial score (nSPS) is 9.00. The molecule has 0 bridgehead atoms. The first-order chi connectivity index (χ1) is 4.79. The Balaban J connectivity index is 2.59. The van der Waals surface area contributed by atoms with Gasteiger partial charge in [-0.3, -0.25) is 0 Å². The van der Waals surface area contributed by atoms with E-state index in [0.29, 0.717) is 0 Å². The van der Waals surface area contributed by atoms with E-state index in [2.05, 4.69) is 25.8 Å². The zero-order valence-electron chi connectivity index (χ0n) is 6.20. The predicted octanol–water partition coefficient (Wildman–Crippen LogP) is 1.14. The molecular weight excluding hydrogens is 141 g/mol. The first-order valence-electron chi connectivity index (χ1n) is 3.31. The van der Waals surface area contributed by atoms with Crippen molar-refractivity contribution in [1.82, 2.24) is 9.97 Å². The third kappa shape index (κ3) is 2.34. The zero-order valence-corrected chi connectivity index (χ0v) is 7.36. The molecule has 0 radical (unpaired) electrons. The number of hydrogen-bond acceptors (Lipinski definition) is 3. The lowest BCUT2D eigenvalue weighted by Gasteiger charge is -2.02. The van der Waals surface area contributed by atoms with Crippen LogP contribution in [0.15, 0.2) is 18.6 Å². The number of aromatic nitrogens is 2. The van der Waals surface area contributed by atoms with Crippen LogP contribution in [0.2, 0.25) is 11.6 Å². The average Bonchev–Trinajstić information content (AvgIpc) is 1.88. The van der Waals surface area contributed by atoms with Crippen molar-refractivity contribution in [2.24, 2.45) is 0 Å². The van der Waals surface area contributed by atoms with Crippen molar-refractivity contribution in [3.63, 3.8) is 0 Å². The van der Waals surface area contributed by atoms with E-state index in [1.165, 1.54) is 0 Å². The predicted molar refractivity (Wildman–Crippen MR) is 43.1 cm³/mol. The van der Waals surface area contributed by atoms with Gasteiger partial charge in [-0.15, -0.1) is 0 Å². The van der Waals surface area contributed by atoms with Gasteiger partial charge in [-0.25, -0.2) is 9.97 Å². The quantitative estimate of drug-likeness (QED) is 0.644. The molecule has 1 heterocycles. The maximum atomic E-state index is 4.03. The summed E-state index contributed by atoms with van der Waals surface area (Å²) in [5.74, 6) is 5.36. The minimum absolute atomic E-state index is 0.737. The maximum absolute atomic E-state index is 4.03. The Bertz CT molecular complexity index is 187. The molecule has 0 saturated carbocycles. The largest absolute Gasteiger partial charge is 0.461 e. The minimum atomic E-state index is -0.737. The molecule has 52 valence electrons. The fraction of sp³-hybridized carbons (Fsp3) is 0.333. The van der Waals surface area contributed by atoms with Crippen LogP contribution in [0, 0.1) is 0 Å². The van der Waals surface area contributed by atoms with E-state index in [-0.39, 0.29) is 0 Å². The Morgan fingerprint density at radius 1 is 1.50 bits per heavy atom. The van der Waals surface area contributed by atoms with E-state index in [9.17, 15) is 0 Å². The molecule has 0 aliphatic carbocycles. The molecule has 0 spiro atoms. The fourth-order valence-electron chi connectivity index (χ4n) is 0.672. The number of nitrogens with zero attached hydrogens (tertiary/aromatic N) is 2.